The predicted octanol–water partition coefficient (Wildman–Crippen LogP) is 2.25. The molecule has 5 heteroatoms. The van der Waals surface area contributed by atoms with Gasteiger partial charge in [0.1, 0.15) is 5.82 Å². The van der Waals surface area contributed by atoms with Crippen molar-refractivity contribution in [3.8, 4) is 0 Å². The minimum absolute atomic E-state index is 0.108. The van der Waals surface area contributed by atoms with E-state index in [9.17, 15) is 9.50 Å². The molecular weight excluding hydrogens is 281 g/mol. The summed E-state index contributed by atoms with van der Waals surface area (Å²) in [5, 5.41) is 10.4. The van der Waals surface area contributed by atoms with Crippen LogP contribution in [-0.4, -0.2) is 48.0 Å². The summed E-state index contributed by atoms with van der Waals surface area (Å²) < 4.78 is 19.2. The van der Waals surface area contributed by atoms with Gasteiger partial charge in [-0.3, -0.25) is 4.90 Å². The van der Waals surface area contributed by atoms with Crippen molar-refractivity contribution in [3.05, 3.63) is 34.6 Å². The maximum Gasteiger partial charge on any atom is 0.142 e. The summed E-state index contributed by atoms with van der Waals surface area (Å²) in [6.45, 7) is 2.55. The van der Waals surface area contributed by atoms with Gasteiger partial charge in [0, 0.05) is 19.0 Å². The number of benzene rings is 1. The SMILES string of the molecule is OC(Cc1ccc(Cl)c(F)c1)C1CN2CCCC2CO1. The molecule has 20 heavy (non-hydrogen) atoms. The fourth-order valence-electron chi connectivity index (χ4n) is 3.12. The molecule has 1 aromatic rings. The van der Waals surface area contributed by atoms with Crippen molar-refractivity contribution in [1.29, 1.82) is 0 Å². The summed E-state index contributed by atoms with van der Waals surface area (Å²) >= 11 is 5.66. The lowest BCUT2D eigenvalue weighted by molar-refractivity contribution is -0.101. The standard InChI is InChI=1S/C15H19ClFNO2/c16-12-4-3-10(6-13(12)17)7-14(19)15-8-18-5-1-2-11(18)9-20-15/h3-4,6,11,14-15,19H,1-2,5,7-9H2. The van der Waals surface area contributed by atoms with Crippen LogP contribution in [0.4, 0.5) is 4.39 Å². The van der Waals surface area contributed by atoms with Crippen LogP contribution in [-0.2, 0) is 11.2 Å². The highest BCUT2D eigenvalue weighted by Crippen LogP contribution is 2.25. The van der Waals surface area contributed by atoms with Crippen molar-refractivity contribution < 1.29 is 14.2 Å². The van der Waals surface area contributed by atoms with E-state index in [1.54, 1.807) is 6.07 Å². The summed E-state index contributed by atoms with van der Waals surface area (Å²) in [6, 6.07) is 5.17. The number of nitrogens with zero attached hydrogens (tertiary/aromatic N) is 1. The highest BCUT2D eigenvalue weighted by atomic mass is 35.5. The van der Waals surface area contributed by atoms with Crippen molar-refractivity contribution in [2.75, 3.05) is 19.7 Å². The lowest BCUT2D eigenvalue weighted by Crippen LogP contribution is -2.50. The molecule has 110 valence electrons. The molecule has 2 fully saturated rings. The number of fused-ring (bicyclic) bond motifs is 1. The Morgan fingerprint density at radius 2 is 2.35 bits per heavy atom. The van der Waals surface area contributed by atoms with E-state index in [-0.39, 0.29) is 11.1 Å². The summed E-state index contributed by atoms with van der Waals surface area (Å²) in [5.41, 5.74) is 0.742. The monoisotopic (exact) mass is 299 g/mol. The molecule has 0 aromatic heterocycles. The normalized spacial score (nSPS) is 28.4. The zero-order valence-corrected chi connectivity index (χ0v) is 12.0. The second kappa shape index (κ2) is 5.98. The van der Waals surface area contributed by atoms with E-state index in [2.05, 4.69) is 4.90 Å². The summed E-state index contributed by atoms with van der Waals surface area (Å²) in [5.74, 6) is -0.444. The number of aliphatic hydroxyl groups is 1. The van der Waals surface area contributed by atoms with E-state index in [1.165, 1.54) is 25.0 Å². The smallest absolute Gasteiger partial charge is 0.142 e. The Balaban J connectivity index is 1.61. The molecule has 2 heterocycles. The number of hydrogen-bond donors (Lipinski definition) is 1. The van der Waals surface area contributed by atoms with Crippen LogP contribution < -0.4 is 0 Å². The van der Waals surface area contributed by atoms with Crippen molar-refractivity contribution in [2.45, 2.75) is 37.5 Å². The average Bonchev–Trinajstić information content (AvgIpc) is 2.90. The zero-order valence-electron chi connectivity index (χ0n) is 11.3. The van der Waals surface area contributed by atoms with Crippen molar-refractivity contribution >= 4 is 11.6 Å². The van der Waals surface area contributed by atoms with Gasteiger partial charge < -0.3 is 9.84 Å². The molecule has 0 spiro atoms. The zero-order chi connectivity index (χ0) is 14.1. The van der Waals surface area contributed by atoms with Gasteiger partial charge in [-0.1, -0.05) is 17.7 Å². The van der Waals surface area contributed by atoms with Gasteiger partial charge in [0.25, 0.3) is 0 Å². The van der Waals surface area contributed by atoms with Crippen LogP contribution in [0.3, 0.4) is 0 Å². The fraction of sp³-hybridized carbons (Fsp3) is 0.600. The number of morpholine rings is 1. The third-order valence-corrected chi connectivity index (χ3v) is 4.58. The van der Waals surface area contributed by atoms with E-state index in [4.69, 9.17) is 16.3 Å². The van der Waals surface area contributed by atoms with Crippen LogP contribution >= 0.6 is 11.6 Å². The Morgan fingerprint density at radius 1 is 1.50 bits per heavy atom. The van der Waals surface area contributed by atoms with Crippen molar-refractivity contribution in [3.63, 3.8) is 0 Å². The Hall–Kier alpha value is -0.680. The molecule has 3 nitrogen and oxygen atoms in total. The first-order valence-electron chi connectivity index (χ1n) is 7.11. The summed E-state index contributed by atoms with van der Waals surface area (Å²) in [7, 11) is 0. The molecule has 1 aromatic carbocycles. The number of aliphatic hydroxyl groups excluding tert-OH is 1. The van der Waals surface area contributed by atoms with Gasteiger partial charge in [0.2, 0.25) is 0 Å². The van der Waals surface area contributed by atoms with Gasteiger partial charge in [0.15, 0.2) is 0 Å². The highest BCUT2D eigenvalue weighted by Gasteiger charge is 2.35. The third kappa shape index (κ3) is 2.98. The largest absolute Gasteiger partial charge is 0.390 e. The van der Waals surface area contributed by atoms with E-state index >= 15 is 0 Å². The van der Waals surface area contributed by atoms with E-state index in [1.807, 2.05) is 0 Å². The van der Waals surface area contributed by atoms with Crippen LogP contribution in [0.1, 0.15) is 18.4 Å². The summed E-state index contributed by atoms with van der Waals surface area (Å²) in [6.07, 6.45) is 1.97. The Morgan fingerprint density at radius 3 is 3.15 bits per heavy atom. The van der Waals surface area contributed by atoms with Gasteiger partial charge >= 0.3 is 0 Å². The lowest BCUT2D eigenvalue weighted by atomic mass is 10.0. The van der Waals surface area contributed by atoms with Gasteiger partial charge in [-0.2, -0.15) is 0 Å². The minimum atomic E-state index is -0.614. The van der Waals surface area contributed by atoms with Crippen LogP contribution in [0.2, 0.25) is 5.02 Å². The molecule has 2 aliphatic rings. The molecule has 3 unspecified atom stereocenters. The molecular formula is C15H19ClFNO2. The molecule has 3 rings (SSSR count). The first kappa shape index (κ1) is 14.3. The van der Waals surface area contributed by atoms with Crippen LogP contribution in [0.15, 0.2) is 18.2 Å². The first-order chi connectivity index (χ1) is 9.63. The predicted molar refractivity (Wildman–Crippen MR) is 75.5 cm³/mol. The highest BCUT2D eigenvalue weighted by molar-refractivity contribution is 6.30. The topological polar surface area (TPSA) is 32.7 Å². The lowest BCUT2D eigenvalue weighted by Gasteiger charge is -2.37. The van der Waals surface area contributed by atoms with Crippen molar-refractivity contribution in [2.24, 2.45) is 0 Å². The number of ether oxygens (including phenoxy) is 1. The molecule has 0 bridgehead atoms. The third-order valence-electron chi connectivity index (χ3n) is 4.27. The maximum absolute atomic E-state index is 13.4. The second-order valence-corrected chi connectivity index (χ2v) is 6.09. The Labute approximate surface area is 123 Å². The number of halogens is 2. The average molecular weight is 300 g/mol. The van der Waals surface area contributed by atoms with Crippen LogP contribution in [0.25, 0.3) is 0 Å². The molecule has 2 saturated heterocycles. The van der Waals surface area contributed by atoms with E-state index in [0.717, 1.165) is 18.7 Å². The second-order valence-electron chi connectivity index (χ2n) is 5.68. The van der Waals surface area contributed by atoms with Crippen LogP contribution in [0, 0.1) is 5.82 Å². The van der Waals surface area contributed by atoms with Gasteiger partial charge in [0.05, 0.1) is 23.8 Å². The molecule has 1 N–H and O–H groups in total. The molecule has 2 aliphatic heterocycles. The quantitative estimate of drug-likeness (QED) is 0.929. The van der Waals surface area contributed by atoms with Crippen LogP contribution in [0.5, 0.6) is 0 Å². The van der Waals surface area contributed by atoms with Crippen molar-refractivity contribution in [1.82, 2.24) is 4.90 Å². The summed E-state index contributed by atoms with van der Waals surface area (Å²) in [4.78, 5) is 2.39. The molecule has 0 amide bonds. The van der Waals surface area contributed by atoms with E-state index < -0.39 is 11.9 Å². The molecule has 3 atom stereocenters. The van der Waals surface area contributed by atoms with E-state index in [0.29, 0.717) is 19.1 Å². The van der Waals surface area contributed by atoms with Gasteiger partial charge in [-0.15, -0.1) is 0 Å². The number of rotatable bonds is 3. The fourth-order valence-corrected chi connectivity index (χ4v) is 3.23. The van der Waals surface area contributed by atoms with Gasteiger partial charge in [-0.25, -0.2) is 4.39 Å². The Kier molecular flexibility index (Phi) is 4.26. The van der Waals surface area contributed by atoms with Gasteiger partial charge in [-0.05, 0) is 37.1 Å². The molecule has 0 radical (unpaired) electrons. The Bertz CT molecular complexity index is 485. The molecule has 0 aliphatic carbocycles. The molecule has 0 saturated carbocycles. The first-order valence-corrected chi connectivity index (χ1v) is 7.49. The minimum Gasteiger partial charge on any atom is -0.390 e. The number of hydrogen-bond acceptors (Lipinski definition) is 3. The maximum atomic E-state index is 13.4.